The van der Waals surface area contributed by atoms with E-state index in [1.807, 2.05) is 6.92 Å². The van der Waals surface area contributed by atoms with E-state index in [1.54, 1.807) is 24.3 Å². The lowest BCUT2D eigenvalue weighted by Crippen LogP contribution is -2.46. The fraction of sp³-hybridized carbons (Fsp3) is 0.261. The average molecular weight is 448 g/mol. The third kappa shape index (κ3) is 4.66. The van der Waals surface area contributed by atoms with Gasteiger partial charge in [0.2, 0.25) is 5.78 Å². The van der Waals surface area contributed by atoms with Gasteiger partial charge in [0.05, 0.1) is 0 Å². The molecular weight excluding hydrogens is 429 g/mol. The number of aryl methyl sites for hydroxylation is 1. The molecular formula is C23H19F3O6. The van der Waals surface area contributed by atoms with Crippen molar-refractivity contribution in [3.63, 3.8) is 0 Å². The number of carbonyl (C=O) groups is 3. The van der Waals surface area contributed by atoms with Crippen LogP contribution in [0, 0.1) is 0 Å². The van der Waals surface area contributed by atoms with Gasteiger partial charge in [-0.1, -0.05) is 37.3 Å². The summed E-state index contributed by atoms with van der Waals surface area (Å²) >= 11 is 0. The summed E-state index contributed by atoms with van der Waals surface area (Å²) in [4.78, 5) is 38.1. The molecule has 0 radical (unpaired) electrons. The molecule has 1 atom stereocenters. The lowest BCUT2D eigenvalue weighted by molar-refractivity contribution is -0.195. The minimum absolute atomic E-state index is 0.0530. The molecule has 1 aliphatic heterocycles. The van der Waals surface area contributed by atoms with Crippen LogP contribution in [0.4, 0.5) is 13.2 Å². The topological polar surface area (TPSA) is 82.8 Å². The summed E-state index contributed by atoms with van der Waals surface area (Å²) < 4.78 is 53.3. The quantitative estimate of drug-likeness (QED) is 0.269. The van der Waals surface area contributed by atoms with Gasteiger partial charge in [0.1, 0.15) is 5.76 Å². The number of ketones is 2. The summed E-state index contributed by atoms with van der Waals surface area (Å²) in [5, 5.41) is 0. The van der Waals surface area contributed by atoms with Crippen molar-refractivity contribution in [2.45, 2.75) is 32.0 Å². The number of hydrogen-bond acceptors (Lipinski definition) is 6. The third-order valence-corrected chi connectivity index (χ3v) is 4.71. The Morgan fingerprint density at radius 3 is 2.41 bits per heavy atom. The molecule has 168 valence electrons. The maximum atomic E-state index is 13.0. The zero-order valence-electron chi connectivity index (χ0n) is 17.2. The molecule has 0 saturated carbocycles. The SMILES string of the molecule is CCc1ccc(C2=C(C)C(=O)[C@](/C=C/C(=O)c3ccccc3)(C(=O)OCC(F)(F)F)O2)o1. The van der Waals surface area contributed by atoms with Crippen LogP contribution in [0.15, 0.2) is 64.6 Å². The molecule has 2 heterocycles. The molecule has 1 aliphatic rings. The first-order valence-corrected chi connectivity index (χ1v) is 9.63. The Labute approximate surface area is 181 Å². The lowest BCUT2D eigenvalue weighted by atomic mass is 9.94. The molecule has 0 unspecified atom stereocenters. The van der Waals surface area contributed by atoms with Crippen LogP contribution in [0.5, 0.6) is 0 Å². The van der Waals surface area contributed by atoms with E-state index in [0.29, 0.717) is 12.2 Å². The summed E-state index contributed by atoms with van der Waals surface area (Å²) in [6.45, 7) is 1.26. The smallest absolute Gasteiger partial charge is 0.422 e. The van der Waals surface area contributed by atoms with Gasteiger partial charge in [-0.15, -0.1) is 0 Å². The van der Waals surface area contributed by atoms with Crippen molar-refractivity contribution in [1.29, 1.82) is 0 Å². The maximum absolute atomic E-state index is 13.0. The highest BCUT2D eigenvalue weighted by atomic mass is 19.4. The number of halogens is 3. The van der Waals surface area contributed by atoms with E-state index in [9.17, 15) is 27.6 Å². The zero-order chi connectivity index (χ0) is 23.5. The van der Waals surface area contributed by atoms with Crippen LogP contribution in [-0.2, 0) is 25.5 Å². The molecule has 0 fully saturated rings. The van der Waals surface area contributed by atoms with Gasteiger partial charge < -0.3 is 13.9 Å². The average Bonchev–Trinajstić information content (AvgIpc) is 3.34. The van der Waals surface area contributed by atoms with Crippen LogP contribution in [0.2, 0.25) is 0 Å². The van der Waals surface area contributed by atoms with Gasteiger partial charge in [-0.05, 0) is 31.2 Å². The van der Waals surface area contributed by atoms with E-state index in [0.717, 1.165) is 12.2 Å². The Hall–Kier alpha value is -3.62. The number of ether oxygens (including phenoxy) is 2. The van der Waals surface area contributed by atoms with E-state index in [1.165, 1.54) is 25.1 Å². The number of benzene rings is 1. The standard InChI is InChI=1S/C23H19F3O6/c1-3-16-9-10-18(31-16)19-14(2)20(28)22(32-19,21(29)30-13-23(24,25)26)12-11-17(27)15-7-5-4-6-8-15/h4-12H,3,13H2,1-2H3/b12-11+/t22-/m1/s1. The summed E-state index contributed by atoms with van der Waals surface area (Å²) in [5.74, 6) is -2.54. The largest absolute Gasteiger partial charge is 0.459 e. The Balaban J connectivity index is 1.97. The summed E-state index contributed by atoms with van der Waals surface area (Å²) in [6, 6.07) is 11.1. The number of Topliss-reactive ketones (excluding diaryl/α,β-unsaturated/α-hetero) is 1. The number of carbonyl (C=O) groups excluding carboxylic acids is 3. The molecule has 9 heteroatoms. The molecule has 0 N–H and O–H groups in total. The van der Waals surface area contributed by atoms with Gasteiger partial charge >= 0.3 is 12.1 Å². The normalized spacial score (nSPS) is 18.8. The number of esters is 1. The van der Waals surface area contributed by atoms with Crippen molar-refractivity contribution in [3.8, 4) is 0 Å². The fourth-order valence-corrected chi connectivity index (χ4v) is 3.05. The van der Waals surface area contributed by atoms with Gasteiger partial charge in [-0.2, -0.15) is 13.2 Å². The van der Waals surface area contributed by atoms with Gasteiger partial charge in [0.25, 0.3) is 5.60 Å². The fourth-order valence-electron chi connectivity index (χ4n) is 3.05. The second kappa shape index (κ2) is 8.86. The second-order valence-corrected chi connectivity index (χ2v) is 7.00. The number of furan rings is 1. The van der Waals surface area contributed by atoms with Crippen LogP contribution in [0.1, 0.15) is 35.7 Å². The zero-order valence-corrected chi connectivity index (χ0v) is 17.2. The lowest BCUT2D eigenvalue weighted by Gasteiger charge is -2.23. The van der Waals surface area contributed by atoms with Gasteiger partial charge in [0, 0.05) is 17.6 Å². The predicted molar refractivity (Wildman–Crippen MR) is 106 cm³/mol. The Morgan fingerprint density at radius 1 is 1.12 bits per heavy atom. The van der Waals surface area contributed by atoms with Crippen molar-refractivity contribution in [1.82, 2.24) is 0 Å². The Kier molecular flexibility index (Phi) is 6.38. The first kappa shape index (κ1) is 23.1. The molecule has 3 rings (SSSR count). The molecule has 2 aromatic rings. The van der Waals surface area contributed by atoms with Crippen molar-refractivity contribution in [2.75, 3.05) is 6.61 Å². The first-order chi connectivity index (χ1) is 15.1. The third-order valence-electron chi connectivity index (χ3n) is 4.71. The van der Waals surface area contributed by atoms with Crippen molar-refractivity contribution in [2.24, 2.45) is 0 Å². The highest BCUT2D eigenvalue weighted by Gasteiger charge is 2.55. The van der Waals surface area contributed by atoms with E-state index < -0.39 is 35.9 Å². The van der Waals surface area contributed by atoms with Crippen LogP contribution in [0.25, 0.3) is 5.76 Å². The van der Waals surface area contributed by atoms with Crippen LogP contribution in [0.3, 0.4) is 0 Å². The molecule has 0 aliphatic carbocycles. The summed E-state index contributed by atoms with van der Waals surface area (Å²) in [6.07, 6.45) is -2.55. The number of alkyl halides is 3. The van der Waals surface area contributed by atoms with E-state index >= 15 is 0 Å². The molecule has 0 amide bonds. The molecule has 0 spiro atoms. The number of allylic oxidation sites excluding steroid dienone is 1. The molecule has 0 bridgehead atoms. The van der Waals surface area contributed by atoms with Gasteiger partial charge in [0.15, 0.2) is 23.9 Å². The minimum Gasteiger partial charge on any atom is -0.459 e. The van der Waals surface area contributed by atoms with E-state index in [2.05, 4.69) is 4.74 Å². The molecule has 32 heavy (non-hydrogen) atoms. The highest BCUT2D eigenvalue weighted by Crippen LogP contribution is 2.39. The number of rotatable bonds is 7. The van der Waals surface area contributed by atoms with Gasteiger partial charge in [-0.25, -0.2) is 4.79 Å². The second-order valence-electron chi connectivity index (χ2n) is 7.00. The molecule has 1 aromatic carbocycles. The van der Waals surface area contributed by atoms with Crippen molar-refractivity contribution >= 4 is 23.3 Å². The Bertz CT molecular complexity index is 1090. The number of hydrogen-bond donors (Lipinski definition) is 0. The highest BCUT2D eigenvalue weighted by molar-refractivity contribution is 6.22. The summed E-state index contributed by atoms with van der Waals surface area (Å²) in [5.41, 5.74) is -2.40. The predicted octanol–water partition coefficient (Wildman–Crippen LogP) is 4.46. The Morgan fingerprint density at radius 2 is 1.81 bits per heavy atom. The minimum atomic E-state index is -4.82. The molecule has 1 aromatic heterocycles. The van der Waals surface area contributed by atoms with E-state index in [4.69, 9.17) is 9.15 Å². The van der Waals surface area contributed by atoms with Crippen molar-refractivity contribution < 1.29 is 41.4 Å². The first-order valence-electron chi connectivity index (χ1n) is 9.63. The van der Waals surface area contributed by atoms with Crippen molar-refractivity contribution in [3.05, 3.63) is 77.3 Å². The van der Waals surface area contributed by atoms with Crippen LogP contribution >= 0.6 is 0 Å². The van der Waals surface area contributed by atoms with Gasteiger partial charge in [-0.3, -0.25) is 9.59 Å². The van der Waals surface area contributed by atoms with Crippen LogP contribution in [-0.4, -0.2) is 35.9 Å². The van der Waals surface area contributed by atoms with Crippen LogP contribution < -0.4 is 0 Å². The summed E-state index contributed by atoms with van der Waals surface area (Å²) in [7, 11) is 0. The molecule has 6 nitrogen and oxygen atoms in total. The maximum Gasteiger partial charge on any atom is 0.422 e. The monoisotopic (exact) mass is 448 g/mol. The molecule has 0 saturated heterocycles. The van der Waals surface area contributed by atoms with E-state index in [-0.39, 0.29) is 22.7 Å².